The van der Waals surface area contributed by atoms with Crippen molar-refractivity contribution in [1.82, 2.24) is 10.2 Å². The van der Waals surface area contributed by atoms with E-state index in [2.05, 4.69) is 5.32 Å². The summed E-state index contributed by atoms with van der Waals surface area (Å²) in [4.78, 5) is 25.2. The van der Waals surface area contributed by atoms with Crippen LogP contribution in [0.15, 0.2) is 59.8 Å². The van der Waals surface area contributed by atoms with Gasteiger partial charge in [-0.3, -0.25) is 10.1 Å². The Kier molecular flexibility index (Phi) is 5.88. The number of carbonyl (C=O) groups excluding carboxylic acids is 1. The van der Waals surface area contributed by atoms with Crippen molar-refractivity contribution in [3.8, 4) is 0 Å². The predicted octanol–water partition coefficient (Wildman–Crippen LogP) is 3.61. The molecule has 2 aromatic carbocycles. The fraction of sp³-hybridized carbons (Fsp3) is 0.200. The third-order valence-corrected chi connectivity index (χ3v) is 5.04. The number of nitro benzene ring substituents is 1. The van der Waals surface area contributed by atoms with Gasteiger partial charge < -0.3 is 15.0 Å². The molecule has 0 aromatic heterocycles. The number of carbonyl (C=O) groups is 1. The van der Waals surface area contributed by atoms with Crippen LogP contribution in [0.5, 0.6) is 0 Å². The SMILES string of the molecule is COC(=O)C1=C(C)N(Cc2ccc(F)cc2)C(=S)N[C@H]1c1ccccc1[N+](=O)[O-]. The standard InChI is InChI=1S/C20H18FN3O4S/c1-12-17(19(25)28-2)18(15-5-3-4-6-16(15)24(26)27)22-20(29)23(12)11-13-7-9-14(21)10-8-13/h3-10,18H,11H2,1-2H3,(H,22,29)/t18-/m0/s1. The van der Waals surface area contributed by atoms with Crippen LogP contribution in [0, 0.1) is 15.9 Å². The number of nitrogens with one attached hydrogen (secondary N) is 1. The van der Waals surface area contributed by atoms with Gasteiger partial charge in [0.15, 0.2) is 5.11 Å². The maximum absolute atomic E-state index is 13.2. The fourth-order valence-electron chi connectivity index (χ4n) is 3.25. The van der Waals surface area contributed by atoms with Crippen LogP contribution in [0.3, 0.4) is 0 Å². The molecule has 0 fully saturated rings. The minimum absolute atomic E-state index is 0.131. The van der Waals surface area contributed by atoms with E-state index in [0.29, 0.717) is 22.9 Å². The average Bonchev–Trinajstić information content (AvgIpc) is 2.71. The van der Waals surface area contributed by atoms with E-state index in [4.69, 9.17) is 17.0 Å². The molecule has 0 bridgehead atoms. The number of nitrogens with zero attached hydrogens (tertiary/aromatic N) is 2. The first-order valence-corrected chi connectivity index (χ1v) is 9.09. The summed E-state index contributed by atoms with van der Waals surface area (Å²) in [6.07, 6.45) is 0. The van der Waals surface area contributed by atoms with Gasteiger partial charge in [0.2, 0.25) is 0 Å². The van der Waals surface area contributed by atoms with E-state index in [-0.39, 0.29) is 17.1 Å². The summed E-state index contributed by atoms with van der Waals surface area (Å²) >= 11 is 5.48. The molecule has 0 amide bonds. The van der Waals surface area contributed by atoms with Gasteiger partial charge in [-0.25, -0.2) is 9.18 Å². The molecule has 0 unspecified atom stereocenters. The number of halogens is 1. The molecule has 3 rings (SSSR count). The number of benzene rings is 2. The minimum atomic E-state index is -0.832. The number of para-hydroxylation sites is 1. The van der Waals surface area contributed by atoms with Crippen molar-refractivity contribution in [2.75, 3.05) is 7.11 Å². The Bertz CT molecular complexity index is 1010. The average molecular weight is 415 g/mol. The van der Waals surface area contributed by atoms with Crippen LogP contribution in [-0.2, 0) is 16.1 Å². The molecule has 1 atom stereocenters. The van der Waals surface area contributed by atoms with E-state index in [9.17, 15) is 19.3 Å². The van der Waals surface area contributed by atoms with Gasteiger partial charge in [0.25, 0.3) is 5.69 Å². The molecule has 0 saturated heterocycles. The Hall–Kier alpha value is -3.33. The molecule has 1 N–H and O–H groups in total. The lowest BCUT2D eigenvalue weighted by Crippen LogP contribution is -2.47. The number of allylic oxidation sites excluding steroid dienone is 1. The molecule has 1 heterocycles. The van der Waals surface area contributed by atoms with Crippen LogP contribution in [0.1, 0.15) is 24.1 Å². The predicted molar refractivity (Wildman–Crippen MR) is 108 cm³/mol. The molecular formula is C20H18FN3O4S. The molecule has 0 saturated carbocycles. The molecule has 0 radical (unpaired) electrons. The Labute approximate surface area is 171 Å². The Morgan fingerprint density at radius 3 is 2.55 bits per heavy atom. The lowest BCUT2D eigenvalue weighted by molar-refractivity contribution is -0.385. The fourth-order valence-corrected chi connectivity index (χ4v) is 3.57. The lowest BCUT2D eigenvalue weighted by Gasteiger charge is -2.37. The smallest absolute Gasteiger partial charge is 0.337 e. The number of hydrogen-bond donors (Lipinski definition) is 1. The zero-order valence-electron chi connectivity index (χ0n) is 15.7. The van der Waals surface area contributed by atoms with Gasteiger partial charge in [-0.1, -0.05) is 24.3 Å². The summed E-state index contributed by atoms with van der Waals surface area (Å²) in [7, 11) is 1.25. The summed E-state index contributed by atoms with van der Waals surface area (Å²) in [5, 5.41) is 14.8. The number of methoxy groups -OCH3 is 1. The molecule has 2 aromatic rings. The van der Waals surface area contributed by atoms with E-state index in [1.54, 1.807) is 42.2 Å². The highest BCUT2D eigenvalue weighted by atomic mass is 32.1. The van der Waals surface area contributed by atoms with E-state index in [0.717, 1.165) is 5.56 Å². The third kappa shape index (κ3) is 4.09. The van der Waals surface area contributed by atoms with Crippen LogP contribution >= 0.6 is 12.2 Å². The largest absolute Gasteiger partial charge is 0.466 e. The first kappa shape index (κ1) is 20.4. The maximum atomic E-state index is 13.2. The maximum Gasteiger partial charge on any atom is 0.337 e. The van der Waals surface area contributed by atoms with Crippen molar-refractivity contribution < 1.29 is 18.8 Å². The summed E-state index contributed by atoms with van der Waals surface area (Å²) in [6.45, 7) is 1.99. The van der Waals surface area contributed by atoms with E-state index < -0.39 is 16.9 Å². The highest BCUT2D eigenvalue weighted by Gasteiger charge is 2.37. The van der Waals surface area contributed by atoms with Crippen molar-refractivity contribution in [1.29, 1.82) is 0 Å². The number of rotatable bonds is 5. The summed E-state index contributed by atoms with van der Waals surface area (Å²) in [5.41, 5.74) is 1.68. The van der Waals surface area contributed by atoms with Gasteiger partial charge in [-0.2, -0.15) is 0 Å². The van der Waals surface area contributed by atoms with Crippen molar-refractivity contribution in [2.45, 2.75) is 19.5 Å². The van der Waals surface area contributed by atoms with Crippen molar-refractivity contribution >= 4 is 29.0 Å². The van der Waals surface area contributed by atoms with Crippen LogP contribution in [0.4, 0.5) is 10.1 Å². The Morgan fingerprint density at radius 2 is 1.93 bits per heavy atom. The Balaban J connectivity index is 2.08. The molecule has 29 heavy (non-hydrogen) atoms. The molecule has 7 nitrogen and oxygen atoms in total. The van der Waals surface area contributed by atoms with Gasteiger partial charge in [0.1, 0.15) is 5.82 Å². The molecular weight excluding hydrogens is 397 g/mol. The number of hydrogen-bond acceptors (Lipinski definition) is 5. The quantitative estimate of drug-likeness (QED) is 0.346. The zero-order valence-corrected chi connectivity index (χ0v) is 16.5. The van der Waals surface area contributed by atoms with Crippen LogP contribution in [0.2, 0.25) is 0 Å². The zero-order chi connectivity index (χ0) is 21.1. The van der Waals surface area contributed by atoms with E-state index >= 15 is 0 Å². The van der Waals surface area contributed by atoms with Crippen LogP contribution in [0.25, 0.3) is 0 Å². The van der Waals surface area contributed by atoms with Gasteiger partial charge >= 0.3 is 5.97 Å². The minimum Gasteiger partial charge on any atom is -0.466 e. The lowest BCUT2D eigenvalue weighted by atomic mass is 9.93. The van der Waals surface area contributed by atoms with E-state index in [1.807, 2.05) is 0 Å². The highest BCUT2D eigenvalue weighted by Crippen LogP contribution is 2.36. The monoisotopic (exact) mass is 415 g/mol. The number of thiocarbonyl (C=S) groups is 1. The molecule has 0 aliphatic carbocycles. The summed E-state index contributed by atoms with van der Waals surface area (Å²) in [6, 6.07) is 11.2. The topological polar surface area (TPSA) is 84.7 Å². The third-order valence-electron chi connectivity index (χ3n) is 4.70. The van der Waals surface area contributed by atoms with Gasteiger partial charge in [-0.15, -0.1) is 0 Å². The molecule has 0 spiro atoms. The van der Waals surface area contributed by atoms with Crippen LogP contribution < -0.4 is 5.32 Å². The number of nitro groups is 1. The van der Waals surface area contributed by atoms with Crippen molar-refractivity contribution in [3.05, 3.63) is 86.9 Å². The second-order valence-corrected chi connectivity index (χ2v) is 6.79. The highest BCUT2D eigenvalue weighted by molar-refractivity contribution is 7.80. The molecule has 1 aliphatic heterocycles. The number of ether oxygens (including phenoxy) is 1. The first-order chi connectivity index (χ1) is 13.8. The van der Waals surface area contributed by atoms with Gasteiger partial charge in [0, 0.05) is 18.3 Å². The normalized spacial score (nSPS) is 16.4. The van der Waals surface area contributed by atoms with Gasteiger partial charge in [0.05, 0.1) is 29.2 Å². The summed E-state index contributed by atoms with van der Waals surface area (Å²) in [5.74, 6) is -0.975. The molecule has 9 heteroatoms. The van der Waals surface area contributed by atoms with Crippen molar-refractivity contribution in [2.24, 2.45) is 0 Å². The second kappa shape index (κ2) is 8.36. The molecule has 150 valence electrons. The van der Waals surface area contributed by atoms with E-state index in [1.165, 1.54) is 25.3 Å². The second-order valence-electron chi connectivity index (χ2n) is 6.40. The number of esters is 1. The van der Waals surface area contributed by atoms with Crippen molar-refractivity contribution in [3.63, 3.8) is 0 Å². The van der Waals surface area contributed by atoms with Crippen LogP contribution in [-0.4, -0.2) is 28.0 Å². The Morgan fingerprint density at radius 1 is 1.28 bits per heavy atom. The molecule has 1 aliphatic rings. The summed E-state index contributed by atoms with van der Waals surface area (Å²) < 4.78 is 18.1. The first-order valence-electron chi connectivity index (χ1n) is 8.68. The van der Waals surface area contributed by atoms with Gasteiger partial charge in [-0.05, 0) is 42.9 Å².